The largest absolute Gasteiger partial charge is 0.353 e. The second-order valence-corrected chi connectivity index (χ2v) is 2.74. The van der Waals surface area contributed by atoms with Crippen molar-refractivity contribution in [2.45, 2.75) is 0 Å². The van der Waals surface area contributed by atoms with Crippen LogP contribution in [0.15, 0.2) is 35.3 Å². The summed E-state index contributed by atoms with van der Waals surface area (Å²) >= 11 is 5.60. The van der Waals surface area contributed by atoms with Crippen LogP contribution in [0.25, 0.3) is 5.52 Å². The molecule has 0 saturated heterocycles. The first kappa shape index (κ1) is 7.31. The van der Waals surface area contributed by atoms with Gasteiger partial charge in [0.15, 0.2) is 0 Å². The molecule has 4 heteroatoms. The van der Waals surface area contributed by atoms with Crippen molar-refractivity contribution in [1.29, 1.82) is 0 Å². The fourth-order valence-corrected chi connectivity index (χ4v) is 1.23. The van der Waals surface area contributed by atoms with Crippen molar-refractivity contribution >= 4 is 17.1 Å². The predicted molar refractivity (Wildman–Crippen MR) is 46.5 cm³/mol. The van der Waals surface area contributed by atoms with E-state index in [1.807, 2.05) is 6.07 Å². The quantitative estimate of drug-likeness (QED) is 0.574. The van der Waals surface area contributed by atoms with Gasteiger partial charge in [0.1, 0.15) is 5.15 Å². The number of fused-ring (bicyclic) bond motifs is 1. The molecule has 3 nitrogen and oxygen atoms in total. The summed E-state index contributed by atoms with van der Waals surface area (Å²) in [7, 11) is 0. The first-order chi connectivity index (χ1) is 5.77. The maximum absolute atomic E-state index is 11.2. The zero-order valence-corrected chi connectivity index (χ0v) is 6.82. The van der Waals surface area contributed by atoms with Crippen molar-refractivity contribution in [3.8, 4) is 0 Å². The minimum Gasteiger partial charge on any atom is -0.268 e. The second-order valence-electron chi connectivity index (χ2n) is 2.36. The molecule has 2 heterocycles. The van der Waals surface area contributed by atoms with E-state index in [9.17, 15) is 4.79 Å². The number of nitrogens with zero attached hydrogens (tertiary/aromatic N) is 2. The van der Waals surface area contributed by atoms with E-state index in [1.54, 1.807) is 24.4 Å². The lowest BCUT2D eigenvalue weighted by molar-refractivity contribution is 0.994. The average molecular weight is 181 g/mol. The number of hydrogen-bond acceptors (Lipinski definition) is 2. The monoisotopic (exact) mass is 180 g/mol. The van der Waals surface area contributed by atoms with Crippen LogP contribution < -0.4 is 5.69 Å². The Morgan fingerprint density at radius 2 is 2.25 bits per heavy atom. The van der Waals surface area contributed by atoms with Gasteiger partial charge in [0, 0.05) is 6.20 Å². The minimum atomic E-state index is -0.349. The summed E-state index contributed by atoms with van der Waals surface area (Å²) in [6.45, 7) is 0. The predicted octanol–water partition coefficient (Wildman–Crippen LogP) is 1.35. The highest BCUT2D eigenvalue weighted by molar-refractivity contribution is 6.29. The molecule has 2 aromatic rings. The highest BCUT2D eigenvalue weighted by Gasteiger charge is 1.96. The van der Waals surface area contributed by atoms with E-state index in [-0.39, 0.29) is 10.8 Å². The Labute approximate surface area is 73.2 Å². The molecular weight excluding hydrogens is 176 g/mol. The Balaban J connectivity index is 2.99. The Hall–Kier alpha value is -1.35. The van der Waals surface area contributed by atoms with Crippen LogP contribution in [0, 0.1) is 0 Å². The fraction of sp³-hybridized carbons (Fsp3) is 0. The number of rotatable bonds is 0. The third-order valence-electron chi connectivity index (χ3n) is 1.57. The average Bonchev–Trinajstić information content (AvgIpc) is 2.04. The standard InChI is InChI=1S/C8H5ClN2O/c9-7-5-6-3-1-2-4-11(6)8(12)10-7/h1-5H. The van der Waals surface area contributed by atoms with Gasteiger partial charge in [0.25, 0.3) is 0 Å². The highest BCUT2D eigenvalue weighted by atomic mass is 35.5. The van der Waals surface area contributed by atoms with Gasteiger partial charge in [-0.15, -0.1) is 0 Å². The molecule has 0 fully saturated rings. The maximum Gasteiger partial charge on any atom is 0.353 e. The smallest absolute Gasteiger partial charge is 0.268 e. The summed E-state index contributed by atoms with van der Waals surface area (Å²) in [5, 5.41) is 0.228. The first-order valence-electron chi connectivity index (χ1n) is 3.41. The van der Waals surface area contributed by atoms with Crippen LogP contribution >= 0.6 is 11.6 Å². The van der Waals surface area contributed by atoms with Gasteiger partial charge in [-0.3, -0.25) is 4.40 Å². The van der Waals surface area contributed by atoms with Gasteiger partial charge in [-0.25, -0.2) is 4.79 Å². The minimum absolute atomic E-state index is 0.228. The molecule has 0 aromatic carbocycles. The second kappa shape index (κ2) is 2.60. The van der Waals surface area contributed by atoms with Gasteiger partial charge in [-0.1, -0.05) is 17.7 Å². The van der Waals surface area contributed by atoms with E-state index >= 15 is 0 Å². The highest BCUT2D eigenvalue weighted by Crippen LogP contribution is 2.05. The summed E-state index contributed by atoms with van der Waals surface area (Å²) in [6, 6.07) is 7.05. The van der Waals surface area contributed by atoms with E-state index in [0.717, 1.165) is 5.52 Å². The molecule has 60 valence electrons. The maximum atomic E-state index is 11.2. The molecule has 2 rings (SSSR count). The Kier molecular flexibility index (Phi) is 1.59. The number of pyridine rings is 1. The van der Waals surface area contributed by atoms with Crippen LogP contribution in [-0.4, -0.2) is 9.38 Å². The number of halogens is 1. The lowest BCUT2D eigenvalue weighted by Gasteiger charge is -1.97. The number of aromatic nitrogens is 2. The van der Waals surface area contributed by atoms with E-state index in [4.69, 9.17) is 11.6 Å². The molecule has 0 radical (unpaired) electrons. The molecule has 0 atom stereocenters. The summed E-state index contributed by atoms with van der Waals surface area (Å²) in [5.41, 5.74) is 0.403. The molecular formula is C8H5ClN2O. The van der Waals surface area contributed by atoms with Crippen LogP contribution in [0.3, 0.4) is 0 Å². The normalized spacial score (nSPS) is 10.4. The van der Waals surface area contributed by atoms with Crippen molar-refractivity contribution in [3.63, 3.8) is 0 Å². The molecule has 12 heavy (non-hydrogen) atoms. The van der Waals surface area contributed by atoms with E-state index in [1.165, 1.54) is 4.40 Å². The van der Waals surface area contributed by atoms with Crippen LogP contribution in [-0.2, 0) is 0 Å². The van der Waals surface area contributed by atoms with Crippen LogP contribution in [0.1, 0.15) is 0 Å². The molecule has 0 amide bonds. The number of hydrogen-bond donors (Lipinski definition) is 0. The fourth-order valence-electron chi connectivity index (χ4n) is 1.05. The Bertz CT molecular complexity index is 478. The van der Waals surface area contributed by atoms with Gasteiger partial charge in [-0.05, 0) is 18.2 Å². The molecule has 0 spiro atoms. The lowest BCUT2D eigenvalue weighted by atomic mass is 10.4. The van der Waals surface area contributed by atoms with Gasteiger partial charge in [-0.2, -0.15) is 4.98 Å². The third-order valence-corrected chi connectivity index (χ3v) is 1.76. The van der Waals surface area contributed by atoms with E-state index in [2.05, 4.69) is 4.98 Å². The van der Waals surface area contributed by atoms with Crippen molar-refractivity contribution < 1.29 is 0 Å². The zero-order chi connectivity index (χ0) is 8.55. The molecule has 0 saturated carbocycles. The third kappa shape index (κ3) is 1.08. The van der Waals surface area contributed by atoms with Gasteiger partial charge in [0.05, 0.1) is 5.52 Å². The summed E-state index contributed by atoms with van der Waals surface area (Å²) in [4.78, 5) is 14.7. The van der Waals surface area contributed by atoms with Crippen molar-refractivity contribution in [2.24, 2.45) is 0 Å². The molecule has 0 aliphatic rings. The van der Waals surface area contributed by atoms with Crippen molar-refractivity contribution in [2.75, 3.05) is 0 Å². The van der Waals surface area contributed by atoms with Crippen molar-refractivity contribution in [1.82, 2.24) is 9.38 Å². The molecule has 0 unspecified atom stereocenters. The van der Waals surface area contributed by atoms with Crippen LogP contribution in [0.5, 0.6) is 0 Å². The van der Waals surface area contributed by atoms with Crippen molar-refractivity contribution in [3.05, 3.63) is 46.1 Å². The first-order valence-corrected chi connectivity index (χ1v) is 3.79. The van der Waals surface area contributed by atoms with E-state index in [0.29, 0.717) is 0 Å². The molecule has 0 bridgehead atoms. The van der Waals surface area contributed by atoms with Gasteiger partial charge < -0.3 is 0 Å². The SMILES string of the molecule is O=c1nc(Cl)cc2ccccn12. The topological polar surface area (TPSA) is 34.4 Å². The molecule has 0 aliphatic carbocycles. The molecule has 2 aromatic heterocycles. The van der Waals surface area contributed by atoms with Crippen LogP contribution in [0.2, 0.25) is 5.15 Å². The molecule has 0 aliphatic heterocycles. The summed E-state index contributed by atoms with van der Waals surface area (Å²) < 4.78 is 1.44. The van der Waals surface area contributed by atoms with Gasteiger partial charge >= 0.3 is 5.69 Å². The van der Waals surface area contributed by atoms with Crippen LogP contribution in [0.4, 0.5) is 0 Å². The Morgan fingerprint density at radius 3 is 3.08 bits per heavy atom. The lowest BCUT2D eigenvalue weighted by Crippen LogP contribution is -2.15. The zero-order valence-electron chi connectivity index (χ0n) is 6.07. The van der Waals surface area contributed by atoms with Gasteiger partial charge in [0.2, 0.25) is 0 Å². The molecule has 0 N–H and O–H groups in total. The van der Waals surface area contributed by atoms with E-state index < -0.39 is 0 Å². The summed E-state index contributed by atoms with van der Waals surface area (Å²) in [5.74, 6) is 0. The Morgan fingerprint density at radius 1 is 1.42 bits per heavy atom. The summed E-state index contributed by atoms with van der Waals surface area (Å²) in [6.07, 6.45) is 1.65.